The van der Waals surface area contributed by atoms with Crippen molar-refractivity contribution >= 4 is 28.8 Å². The maximum absolute atomic E-state index is 13.6. The van der Waals surface area contributed by atoms with Crippen LogP contribution in [-0.4, -0.2) is 60.2 Å². The van der Waals surface area contributed by atoms with Crippen LogP contribution in [0.15, 0.2) is 48.5 Å². The smallest absolute Gasteiger partial charge is 0.322 e. The number of carbonyl (C=O) groups excluding carboxylic acids is 1. The third-order valence-electron chi connectivity index (χ3n) is 9.78. The molecule has 2 aromatic carbocycles. The van der Waals surface area contributed by atoms with Crippen molar-refractivity contribution in [2.45, 2.75) is 62.7 Å². The second kappa shape index (κ2) is 8.91. The molecule has 0 spiro atoms. The van der Waals surface area contributed by atoms with Crippen LogP contribution in [0, 0.1) is 17.8 Å². The zero-order chi connectivity index (χ0) is 25.1. The first-order valence-electron chi connectivity index (χ1n) is 14.2. The predicted octanol–water partition coefficient (Wildman–Crippen LogP) is 4.26. The molecule has 4 bridgehead atoms. The van der Waals surface area contributed by atoms with Gasteiger partial charge in [-0.05, 0) is 99.1 Å². The lowest BCUT2D eigenvalue weighted by atomic mass is 9.52. The number of nitrogens with zero attached hydrogens (tertiary/aromatic N) is 3. The quantitative estimate of drug-likeness (QED) is 0.585. The summed E-state index contributed by atoms with van der Waals surface area (Å²) < 4.78 is 0. The molecule has 37 heavy (non-hydrogen) atoms. The fraction of sp³-hybridized carbons (Fsp3) is 0.567. The molecule has 3 N–H and O–H groups in total. The van der Waals surface area contributed by atoms with Gasteiger partial charge < -0.3 is 25.3 Å². The number of fused-ring (bicyclic) bond motifs is 1. The summed E-state index contributed by atoms with van der Waals surface area (Å²) in [6, 6.07) is 17.1. The van der Waals surface area contributed by atoms with Crippen molar-refractivity contribution in [3.8, 4) is 0 Å². The van der Waals surface area contributed by atoms with Gasteiger partial charge in [0.1, 0.15) is 0 Å². The number of hydrogen-bond acceptors (Lipinski definition) is 5. The summed E-state index contributed by atoms with van der Waals surface area (Å²) >= 11 is 0. The maximum atomic E-state index is 13.6. The minimum atomic E-state index is -0.485. The van der Waals surface area contributed by atoms with Crippen LogP contribution in [-0.2, 0) is 0 Å². The summed E-state index contributed by atoms with van der Waals surface area (Å²) in [5, 5.41) is 24.2. The van der Waals surface area contributed by atoms with Crippen LogP contribution >= 0.6 is 0 Å². The monoisotopic (exact) mass is 502 g/mol. The topological polar surface area (TPSA) is 79.3 Å². The molecule has 0 radical (unpaired) electrons. The average Bonchev–Trinajstić information content (AvgIpc) is 2.90. The molecule has 5 atom stereocenters. The molecule has 196 valence electrons. The molecule has 6 aliphatic rings. The fourth-order valence-corrected chi connectivity index (χ4v) is 8.25. The molecule has 2 aromatic rings. The van der Waals surface area contributed by atoms with E-state index in [2.05, 4.69) is 45.4 Å². The van der Waals surface area contributed by atoms with Gasteiger partial charge in [-0.1, -0.05) is 12.1 Å². The Bertz CT molecular complexity index is 1150. The molecular formula is C30H38N4O3. The lowest BCUT2D eigenvalue weighted by Gasteiger charge is -2.58. The third kappa shape index (κ3) is 4.16. The van der Waals surface area contributed by atoms with E-state index in [-0.39, 0.29) is 18.2 Å². The molecule has 5 fully saturated rings. The van der Waals surface area contributed by atoms with Gasteiger partial charge in [0.15, 0.2) is 0 Å². The van der Waals surface area contributed by atoms with E-state index in [0.717, 1.165) is 81.6 Å². The van der Waals surface area contributed by atoms with Crippen LogP contribution in [0.5, 0.6) is 0 Å². The minimum absolute atomic E-state index is 0.000743. The molecule has 2 aliphatic heterocycles. The fourth-order valence-electron chi connectivity index (χ4n) is 8.25. The van der Waals surface area contributed by atoms with Crippen molar-refractivity contribution < 1.29 is 15.0 Å². The number of aliphatic hydroxyl groups is 2. The van der Waals surface area contributed by atoms with Crippen molar-refractivity contribution in [1.29, 1.82) is 0 Å². The Morgan fingerprint density at radius 1 is 0.838 bits per heavy atom. The van der Waals surface area contributed by atoms with E-state index < -0.39 is 5.60 Å². The Labute approximate surface area is 219 Å². The number of nitrogens with one attached hydrogen (secondary N) is 1. The number of para-hydroxylation sites is 2. The minimum Gasteiger partial charge on any atom is -0.393 e. The molecule has 1 saturated heterocycles. The Morgan fingerprint density at radius 3 is 2.16 bits per heavy atom. The molecule has 7 nitrogen and oxygen atoms in total. The van der Waals surface area contributed by atoms with Crippen LogP contribution in [0.4, 0.5) is 27.5 Å². The maximum Gasteiger partial charge on any atom is 0.322 e. The van der Waals surface area contributed by atoms with Crippen LogP contribution in [0.25, 0.3) is 0 Å². The van der Waals surface area contributed by atoms with E-state index >= 15 is 0 Å². The van der Waals surface area contributed by atoms with Gasteiger partial charge in [-0.25, -0.2) is 4.79 Å². The van der Waals surface area contributed by atoms with Gasteiger partial charge in [0.2, 0.25) is 0 Å². The summed E-state index contributed by atoms with van der Waals surface area (Å²) in [7, 11) is 0. The van der Waals surface area contributed by atoms with Gasteiger partial charge >= 0.3 is 6.03 Å². The molecule has 2 amide bonds. The van der Waals surface area contributed by atoms with Gasteiger partial charge in [0, 0.05) is 43.6 Å². The van der Waals surface area contributed by atoms with E-state index in [1.165, 1.54) is 5.69 Å². The number of benzene rings is 2. The molecule has 8 rings (SSSR count). The molecule has 3 unspecified atom stereocenters. The van der Waals surface area contributed by atoms with Crippen LogP contribution < -0.4 is 20.0 Å². The van der Waals surface area contributed by atoms with Crippen molar-refractivity contribution in [2.24, 2.45) is 17.8 Å². The second-order valence-corrected chi connectivity index (χ2v) is 12.2. The normalized spacial score (nSPS) is 33.0. The SMILES string of the molecule is O=C(NC1[C@@H]2CC3C[C@H]1CC(O)(C3)C2)N1CCN(c2ccc(N3CCC(O)CC3)cc2)c2ccccc21. The molecule has 4 aliphatic carbocycles. The zero-order valence-corrected chi connectivity index (χ0v) is 21.4. The average molecular weight is 503 g/mol. The number of carbonyl (C=O) groups is 1. The number of urea groups is 1. The highest BCUT2D eigenvalue weighted by Crippen LogP contribution is 2.55. The van der Waals surface area contributed by atoms with Gasteiger partial charge in [-0.2, -0.15) is 0 Å². The Kier molecular flexibility index (Phi) is 5.63. The summed E-state index contributed by atoms with van der Waals surface area (Å²) in [5.41, 5.74) is 3.84. The van der Waals surface area contributed by atoms with Gasteiger partial charge in [0.25, 0.3) is 0 Å². The van der Waals surface area contributed by atoms with E-state index in [1.54, 1.807) is 0 Å². The Balaban J connectivity index is 1.08. The second-order valence-electron chi connectivity index (χ2n) is 12.2. The largest absolute Gasteiger partial charge is 0.393 e. The molecule has 7 heteroatoms. The van der Waals surface area contributed by atoms with Gasteiger partial charge in [-0.3, -0.25) is 4.90 Å². The first-order chi connectivity index (χ1) is 18.0. The number of anilines is 4. The number of aliphatic hydroxyl groups excluding tert-OH is 1. The third-order valence-corrected chi connectivity index (χ3v) is 9.78. The lowest BCUT2D eigenvalue weighted by molar-refractivity contribution is -0.136. The number of rotatable bonds is 3. The van der Waals surface area contributed by atoms with Crippen LogP contribution in [0.3, 0.4) is 0 Å². The van der Waals surface area contributed by atoms with Crippen LogP contribution in [0.1, 0.15) is 44.9 Å². The zero-order valence-electron chi connectivity index (χ0n) is 21.4. The van der Waals surface area contributed by atoms with E-state index in [0.29, 0.717) is 24.3 Å². The molecule has 0 aromatic heterocycles. The van der Waals surface area contributed by atoms with Crippen molar-refractivity contribution in [1.82, 2.24) is 5.32 Å². The molecule has 4 saturated carbocycles. The van der Waals surface area contributed by atoms with E-state index in [4.69, 9.17) is 0 Å². The first kappa shape index (κ1) is 23.4. The standard InChI is InChI=1S/C30H38N4O3/c35-25-9-11-32(12-10-25)23-5-7-24(8-6-23)33-13-14-34(27-4-2-1-3-26(27)33)29(36)31-28-21-15-20-16-22(28)19-30(37,17-20)18-21/h1-8,20-22,25,28,35,37H,9-19H2,(H,31,36)/t20?,21-,22+,28?,30?. The van der Waals surface area contributed by atoms with Crippen molar-refractivity contribution in [3.05, 3.63) is 48.5 Å². The van der Waals surface area contributed by atoms with E-state index in [1.807, 2.05) is 23.1 Å². The number of hydrogen-bond donors (Lipinski definition) is 3. The highest BCUT2D eigenvalue weighted by atomic mass is 16.3. The van der Waals surface area contributed by atoms with Crippen LogP contribution in [0.2, 0.25) is 0 Å². The Hall–Kier alpha value is -2.77. The molecular weight excluding hydrogens is 464 g/mol. The summed E-state index contributed by atoms with van der Waals surface area (Å²) in [6.07, 6.45) is 6.39. The summed E-state index contributed by atoms with van der Waals surface area (Å²) in [4.78, 5) is 20.2. The van der Waals surface area contributed by atoms with Crippen molar-refractivity contribution in [2.75, 3.05) is 40.9 Å². The summed E-state index contributed by atoms with van der Waals surface area (Å²) in [5.74, 6) is 1.43. The molecule has 2 heterocycles. The predicted molar refractivity (Wildman–Crippen MR) is 146 cm³/mol. The highest BCUT2D eigenvalue weighted by Gasteiger charge is 2.55. The van der Waals surface area contributed by atoms with Crippen molar-refractivity contribution in [3.63, 3.8) is 0 Å². The van der Waals surface area contributed by atoms with Gasteiger partial charge in [-0.15, -0.1) is 0 Å². The summed E-state index contributed by atoms with van der Waals surface area (Å²) in [6.45, 7) is 3.14. The first-order valence-corrected chi connectivity index (χ1v) is 14.2. The highest BCUT2D eigenvalue weighted by molar-refractivity contribution is 5.98. The lowest BCUT2D eigenvalue weighted by Crippen LogP contribution is -2.63. The van der Waals surface area contributed by atoms with Gasteiger partial charge in [0.05, 0.1) is 23.1 Å². The number of amides is 2. The number of piperidine rings is 1. The Morgan fingerprint density at radius 2 is 1.49 bits per heavy atom. The van der Waals surface area contributed by atoms with E-state index in [9.17, 15) is 15.0 Å².